The number of urea groups is 1. The van der Waals surface area contributed by atoms with Crippen molar-refractivity contribution in [2.24, 2.45) is 0 Å². The molecular weight excluding hydrogens is 332 g/mol. The van der Waals surface area contributed by atoms with Gasteiger partial charge in [0.05, 0.1) is 0 Å². The molecular formula is C19H24N4O3. The molecule has 0 bridgehead atoms. The van der Waals surface area contributed by atoms with Crippen LogP contribution in [-0.4, -0.2) is 27.0 Å². The molecule has 3 amide bonds. The summed E-state index contributed by atoms with van der Waals surface area (Å²) in [5.74, 6) is 0.596. The fraction of sp³-hybridized carbons (Fsp3) is 0.474. The van der Waals surface area contributed by atoms with Crippen LogP contribution in [0.5, 0.6) is 0 Å². The molecule has 1 atom stereocenters. The van der Waals surface area contributed by atoms with E-state index in [4.69, 9.17) is 4.52 Å². The van der Waals surface area contributed by atoms with E-state index in [2.05, 4.69) is 22.4 Å². The molecule has 0 radical (unpaired) electrons. The first-order valence-electron chi connectivity index (χ1n) is 8.91. The quantitative estimate of drug-likeness (QED) is 0.804. The topological polar surface area (TPSA) is 88.3 Å². The van der Waals surface area contributed by atoms with Crippen LogP contribution >= 0.6 is 0 Å². The lowest BCUT2D eigenvalue weighted by atomic mass is 9.91. The van der Waals surface area contributed by atoms with Crippen molar-refractivity contribution in [1.82, 2.24) is 20.4 Å². The highest BCUT2D eigenvalue weighted by Gasteiger charge is 2.49. The van der Waals surface area contributed by atoms with Gasteiger partial charge in [-0.3, -0.25) is 9.69 Å². The number of benzene rings is 1. The lowest BCUT2D eigenvalue weighted by Gasteiger charge is -2.22. The largest absolute Gasteiger partial charge is 0.337 e. The minimum absolute atomic E-state index is 0.0338. The lowest BCUT2D eigenvalue weighted by Crippen LogP contribution is -2.40. The highest BCUT2D eigenvalue weighted by atomic mass is 16.5. The third-order valence-corrected chi connectivity index (χ3v) is 4.64. The van der Waals surface area contributed by atoms with Gasteiger partial charge in [0.1, 0.15) is 12.1 Å². The number of carbonyl (C=O) groups excluding carboxylic acids is 2. The van der Waals surface area contributed by atoms with Gasteiger partial charge in [0.2, 0.25) is 5.89 Å². The third kappa shape index (κ3) is 3.21. The number of imide groups is 1. The molecule has 1 saturated heterocycles. The number of hydrogen-bond acceptors (Lipinski definition) is 5. The maximum atomic E-state index is 12.9. The van der Waals surface area contributed by atoms with Crippen molar-refractivity contribution in [3.8, 4) is 0 Å². The second-order valence-corrected chi connectivity index (χ2v) is 7.09. The van der Waals surface area contributed by atoms with E-state index >= 15 is 0 Å². The van der Waals surface area contributed by atoms with E-state index in [0.29, 0.717) is 5.82 Å². The van der Waals surface area contributed by atoms with Crippen LogP contribution in [0.15, 0.2) is 28.8 Å². The standard InChI is InChI=1S/C19H24N4O3/c1-5-6-13-7-9-14(10-8-13)19(4)17(24)23(18(25)21-19)11-15-20-16(12(2)3)22-26-15/h7-10,12H,5-6,11H2,1-4H3,(H,21,25). The van der Waals surface area contributed by atoms with E-state index in [1.165, 1.54) is 5.56 Å². The molecule has 1 aliphatic heterocycles. The number of hydrogen-bond donors (Lipinski definition) is 1. The van der Waals surface area contributed by atoms with Crippen molar-refractivity contribution in [2.45, 2.75) is 58.5 Å². The van der Waals surface area contributed by atoms with E-state index in [1.807, 2.05) is 38.1 Å². The Morgan fingerprint density at radius 3 is 2.50 bits per heavy atom. The molecule has 1 aromatic carbocycles. The van der Waals surface area contributed by atoms with Crippen LogP contribution < -0.4 is 5.32 Å². The first-order chi connectivity index (χ1) is 12.3. The van der Waals surface area contributed by atoms with Crippen molar-refractivity contribution in [1.29, 1.82) is 0 Å². The van der Waals surface area contributed by atoms with Gasteiger partial charge in [0.15, 0.2) is 5.82 Å². The van der Waals surface area contributed by atoms with Gasteiger partial charge in [-0.05, 0) is 24.5 Å². The molecule has 1 aliphatic rings. The summed E-state index contributed by atoms with van der Waals surface area (Å²) in [7, 11) is 0. The molecule has 7 nitrogen and oxygen atoms in total. The average molecular weight is 356 g/mol. The Balaban J connectivity index is 1.80. The summed E-state index contributed by atoms with van der Waals surface area (Å²) in [6.07, 6.45) is 2.04. The zero-order chi connectivity index (χ0) is 18.9. The summed E-state index contributed by atoms with van der Waals surface area (Å²) in [4.78, 5) is 30.7. The van der Waals surface area contributed by atoms with Crippen LogP contribution in [0.3, 0.4) is 0 Å². The van der Waals surface area contributed by atoms with Crippen LogP contribution in [0.2, 0.25) is 0 Å². The van der Waals surface area contributed by atoms with Crippen molar-refractivity contribution < 1.29 is 14.1 Å². The summed E-state index contributed by atoms with van der Waals surface area (Å²) in [6.45, 7) is 7.70. The number of amides is 3. The molecule has 1 fully saturated rings. The molecule has 1 N–H and O–H groups in total. The summed E-state index contributed by atoms with van der Waals surface area (Å²) in [5.41, 5.74) is 0.870. The number of aromatic nitrogens is 2. The van der Waals surface area contributed by atoms with Crippen LogP contribution in [0.1, 0.15) is 62.9 Å². The summed E-state index contributed by atoms with van der Waals surface area (Å²) < 4.78 is 5.17. The number of aryl methyl sites for hydroxylation is 1. The predicted octanol–water partition coefficient (Wildman–Crippen LogP) is 3.11. The van der Waals surface area contributed by atoms with Gasteiger partial charge in [0.25, 0.3) is 5.91 Å². The van der Waals surface area contributed by atoms with Crippen LogP contribution in [0.4, 0.5) is 4.79 Å². The van der Waals surface area contributed by atoms with E-state index in [-0.39, 0.29) is 24.3 Å². The Hall–Kier alpha value is -2.70. The van der Waals surface area contributed by atoms with Crippen LogP contribution in [0.25, 0.3) is 0 Å². The molecule has 3 rings (SSSR count). The highest BCUT2D eigenvalue weighted by molar-refractivity contribution is 6.07. The number of nitrogens with one attached hydrogen (secondary N) is 1. The second-order valence-electron chi connectivity index (χ2n) is 7.09. The summed E-state index contributed by atoms with van der Waals surface area (Å²) >= 11 is 0. The average Bonchev–Trinajstić information content (AvgIpc) is 3.16. The first kappa shape index (κ1) is 18.1. The first-order valence-corrected chi connectivity index (χ1v) is 8.91. The Kier molecular flexibility index (Phi) is 4.80. The summed E-state index contributed by atoms with van der Waals surface area (Å²) in [5, 5.41) is 6.67. The smallest absolute Gasteiger partial charge is 0.325 e. The van der Waals surface area contributed by atoms with Gasteiger partial charge >= 0.3 is 6.03 Å². The lowest BCUT2D eigenvalue weighted by molar-refractivity contribution is -0.131. The SMILES string of the molecule is CCCc1ccc(C2(C)NC(=O)N(Cc3nc(C(C)C)no3)C2=O)cc1. The Morgan fingerprint density at radius 2 is 1.92 bits per heavy atom. The Morgan fingerprint density at radius 1 is 1.23 bits per heavy atom. The van der Waals surface area contributed by atoms with Crippen LogP contribution in [0, 0.1) is 0 Å². The number of carbonyl (C=O) groups is 2. The zero-order valence-corrected chi connectivity index (χ0v) is 15.6. The molecule has 2 heterocycles. The fourth-order valence-electron chi connectivity index (χ4n) is 3.03. The molecule has 138 valence electrons. The Bertz CT molecular complexity index is 812. The molecule has 7 heteroatoms. The maximum absolute atomic E-state index is 12.9. The van der Waals surface area contributed by atoms with Crippen molar-refractivity contribution >= 4 is 11.9 Å². The van der Waals surface area contributed by atoms with Gasteiger partial charge in [-0.25, -0.2) is 4.79 Å². The van der Waals surface area contributed by atoms with Gasteiger partial charge in [-0.1, -0.05) is 56.6 Å². The van der Waals surface area contributed by atoms with Gasteiger partial charge in [-0.15, -0.1) is 0 Å². The molecule has 0 spiro atoms. The van der Waals surface area contributed by atoms with E-state index in [1.54, 1.807) is 6.92 Å². The normalized spacial score (nSPS) is 20.1. The van der Waals surface area contributed by atoms with E-state index in [9.17, 15) is 9.59 Å². The Labute approximate surface area is 152 Å². The van der Waals surface area contributed by atoms with E-state index < -0.39 is 11.6 Å². The minimum Gasteiger partial charge on any atom is -0.337 e. The number of rotatable bonds is 6. The van der Waals surface area contributed by atoms with E-state index in [0.717, 1.165) is 23.3 Å². The second kappa shape index (κ2) is 6.90. The molecule has 1 unspecified atom stereocenters. The molecule has 1 aromatic heterocycles. The predicted molar refractivity (Wildman–Crippen MR) is 95.3 cm³/mol. The molecule has 26 heavy (non-hydrogen) atoms. The molecule has 0 aliphatic carbocycles. The molecule has 0 saturated carbocycles. The van der Waals surface area contributed by atoms with Crippen LogP contribution in [-0.2, 0) is 23.3 Å². The van der Waals surface area contributed by atoms with Crippen molar-refractivity contribution in [2.75, 3.05) is 0 Å². The number of nitrogens with zero attached hydrogens (tertiary/aromatic N) is 3. The molecule has 2 aromatic rings. The zero-order valence-electron chi connectivity index (χ0n) is 15.6. The van der Waals surface area contributed by atoms with Gasteiger partial charge in [-0.2, -0.15) is 4.98 Å². The van der Waals surface area contributed by atoms with Gasteiger partial charge in [0, 0.05) is 5.92 Å². The monoisotopic (exact) mass is 356 g/mol. The van der Waals surface area contributed by atoms with Crippen molar-refractivity contribution in [3.05, 3.63) is 47.1 Å². The van der Waals surface area contributed by atoms with Crippen molar-refractivity contribution in [3.63, 3.8) is 0 Å². The minimum atomic E-state index is -1.09. The summed E-state index contributed by atoms with van der Waals surface area (Å²) in [6, 6.07) is 7.34. The fourth-order valence-corrected chi connectivity index (χ4v) is 3.03. The maximum Gasteiger partial charge on any atom is 0.325 e. The highest BCUT2D eigenvalue weighted by Crippen LogP contribution is 2.30. The third-order valence-electron chi connectivity index (χ3n) is 4.64. The van der Waals surface area contributed by atoms with Gasteiger partial charge < -0.3 is 9.84 Å².